The standard InChI is InChI=1S/C24H29N3O2/c1-4-26-21-14-19(23(28)25-15-18-9-8-16(2)17(3)13-18)10-11-20(21)24(29)27-12-6-5-7-22(26)27/h8-11,13-14,22H,4-7,12,15H2,1-3H3,(H,25,28)/t22-/m1/s1. The molecular weight excluding hydrogens is 362 g/mol. The summed E-state index contributed by atoms with van der Waals surface area (Å²) in [6.07, 6.45) is 3.30. The Labute approximate surface area is 172 Å². The minimum atomic E-state index is -0.111. The number of amides is 2. The van der Waals surface area contributed by atoms with Gasteiger partial charge < -0.3 is 15.1 Å². The van der Waals surface area contributed by atoms with Gasteiger partial charge in [-0.05, 0) is 74.9 Å². The van der Waals surface area contributed by atoms with Crippen molar-refractivity contribution in [1.82, 2.24) is 10.2 Å². The third-order valence-electron chi connectivity index (χ3n) is 6.26. The number of hydrogen-bond donors (Lipinski definition) is 1. The zero-order valence-corrected chi connectivity index (χ0v) is 17.5. The molecular formula is C24H29N3O2. The summed E-state index contributed by atoms with van der Waals surface area (Å²) in [6, 6.07) is 11.7. The summed E-state index contributed by atoms with van der Waals surface area (Å²) in [4.78, 5) is 30.0. The maximum absolute atomic E-state index is 13.0. The zero-order chi connectivity index (χ0) is 20.5. The number of rotatable bonds is 4. The first kappa shape index (κ1) is 19.5. The average molecular weight is 392 g/mol. The normalized spacial score (nSPS) is 18.3. The molecule has 2 aromatic carbocycles. The minimum absolute atomic E-state index is 0.0940. The van der Waals surface area contributed by atoms with Crippen LogP contribution in [0.1, 0.15) is 63.6 Å². The second-order valence-electron chi connectivity index (χ2n) is 8.09. The molecule has 29 heavy (non-hydrogen) atoms. The Morgan fingerprint density at radius 1 is 1.10 bits per heavy atom. The van der Waals surface area contributed by atoms with Crippen molar-refractivity contribution < 1.29 is 9.59 Å². The smallest absolute Gasteiger partial charge is 0.257 e. The first-order chi connectivity index (χ1) is 14.0. The summed E-state index contributed by atoms with van der Waals surface area (Å²) in [5, 5.41) is 3.02. The molecule has 4 rings (SSSR count). The lowest BCUT2D eigenvalue weighted by molar-refractivity contribution is 0.0582. The van der Waals surface area contributed by atoms with Crippen LogP contribution in [-0.4, -0.2) is 36.0 Å². The fraction of sp³-hybridized carbons (Fsp3) is 0.417. The number of carbonyl (C=O) groups excluding carboxylic acids is 2. The van der Waals surface area contributed by atoms with Crippen molar-refractivity contribution in [3.8, 4) is 0 Å². The molecule has 2 aliphatic heterocycles. The molecule has 1 saturated heterocycles. The summed E-state index contributed by atoms with van der Waals surface area (Å²) < 4.78 is 0. The number of piperidine rings is 1. The highest BCUT2D eigenvalue weighted by Crippen LogP contribution is 2.35. The van der Waals surface area contributed by atoms with Crippen LogP contribution in [0.4, 0.5) is 5.69 Å². The second kappa shape index (κ2) is 7.90. The maximum Gasteiger partial charge on any atom is 0.257 e. The van der Waals surface area contributed by atoms with Crippen molar-refractivity contribution in [3.05, 3.63) is 64.2 Å². The third-order valence-corrected chi connectivity index (χ3v) is 6.26. The molecule has 0 aromatic heterocycles. The summed E-state index contributed by atoms with van der Waals surface area (Å²) in [5.74, 6) is -0.0166. The Hall–Kier alpha value is -2.82. The van der Waals surface area contributed by atoms with Gasteiger partial charge in [0.25, 0.3) is 11.8 Å². The van der Waals surface area contributed by atoms with Crippen LogP contribution in [0.25, 0.3) is 0 Å². The molecule has 152 valence electrons. The number of fused-ring (bicyclic) bond motifs is 2. The molecule has 1 fully saturated rings. The topological polar surface area (TPSA) is 52.7 Å². The molecule has 2 amide bonds. The summed E-state index contributed by atoms with van der Waals surface area (Å²) in [7, 11) is 0. The van der Waals surface area contributed by atoms with Crippen molar-refractivity contribution in [2.75, 3.05) is 18.0 Å². The number of nitrogens with zero attached hydrogens (tertiary/aromatic N) is 2. The van der Waals surface area contributed by atoms with Crippen LogP contribution < -0.4 is 10.2 Å². The summed E-state index contributed by atoms with van der Waals surface area (Å²) in [6.45, 7) is 8.39. The summed E-state index contributed by atoms with van der Waals surface area (Å²) in [5.41, 5.74) is 5.75. The van der Waals surface area contributed by atoms with Crippen LogP contribution in [0, 0.1) is 13.8 Å². The van der Waals surface area contributed by atoms with Gasteiger partial charge in [-0.25, -0.2) is 0 Å². The van der Waals surface area contributed by atoms with Crippen LogP contribution >= 0.6 is 0 Å². The molecule has 5 nitrogen and oxygen atoms in total. The number of benzene rings is 2. The number of aryl methyl sites for hydroxylation is 2. The zero-order valence-electron chi connectivity index (χ0n) is 17.5. The van der Waals surface area contributed by atoms with Crippen LogP contribution in [0.3, 0.4) is 0 Å². The molecule has 2 heterocycles. The molecule has 0 radical (unpaired) electrons. The summed E-state index contributed by atoms with van der Waals surface area (Å²) >= 11 is 0. The van der Waals surface area contributed by atoms with Crippen molar-refractivity contribution in [2.45, 2.75) is 52.7 Å². The Kier molecular flexibility index (Phi) is 5.31. The van der Waals surface area contributed by atoms with Crippen LogP contribution in [0.15, 0.2) is 36.4 Å². The van der Waals surface area contributed by atoms with Gasteiger partial charge in [0.05, 0.1) is 11.3 Å². The fourth-order valence-corrected chi connectivity index (χ4v) is 4.46. The van der Waals surface area contributed by atoms with E-state index in [2.05, 4.69) is 43.1 Å². The highest BCUT2D eigenvalue weighted by molar-refractivity contribution is 6.04. The minimum Gasteiger partial charge on any atom is -0.351 e. The molecule has 2 aliphatic rings. The van der Waals surface area contributed by atoms with Crippen molar-refractivity contribution in [2.24, 2.45) is 0 Å². The highest BCUT2D eigenvalue weighted by Gasteiger charge is 2.38. The van der Waals surface area contributed by atoms with Crippen LogP contribution in [0.2, 0.25) is 0 Å². The van der Waals surface area contributed by atoms with E-state index in [9.17, 15) is 9.59 Å². The SMILES string of the molecule is CCN1c2cc(C(=O)NCc3ccc(C)c(C)c3)ccc2C(=O)N2CCCC[C@@H]21. The number of hydrogen-bond acceptors (Lipinski definition) is 3. The van der Waals surface area contributed by atoms with Gasteiger partial charge in [0, 0.05) is 25.2 Å². The van der Waals surface area contributed by atoms with Gasteiger partial charge in [-0.3, -0.25) is 9.59 Å². The number of carbonyl (C=O) groups is 2. The molecule has 0 aliphatic carbocycles. The molecule has 0 unspecified atom stereocenters. The highest BCUT2D eigenvalue weighted by atomic mass is 16.2. The van der Waals surface area contributed by atoms with Gasteiger partial charge in [-0.15, -0.1) is 0 Å². The predicted octanol–water partition coefficient (Wildman–Crippen LogP) is 4.03. The lowest BCUT2D eigenvalue weighted by atomic mass is 9.97. The van der Waals surface area contributed by atoms with Gasteiger partial charge in [-0.1, -0.05) is 18.2 Å². The monoisotopic (exact) mass is 391 g/mol. The van der Waals surface area contributed by atoms with E-state index in [-0.39, 0.29) is 18.0 Å². The Bertz CT molecular complexity index is 953. The van der Waals surface area contributed by atoms with Crippen molar-refractivity contribution in [1.29, 1.82) is 0 Å². The van der Waals surface area contributed by atoms with E-state index in [1.165, 1.54) is 11.1 Å². The molecule has 0 bridgehead atoms. The predicted molar refractivity (Wildman–Crippen MR) is 115 cm³/mol. The van der Waals surface area contributed by atoms with Crippen LogP contribution in [0.5, 0.6) is 0 Å². The Balaban J connectivity index is 1.56. The third kappa shape index (κ3) is 3.61. The second-order valence-corrected chi connectivity index (χ2v) is 8.09. The van der Waals surface area contributed by atoms with Crippen LogP contribution in [-0.2, 0) is 6.54 Å². The lowest BCUT2D eigenvalue weighted by Gasteiger charge is -2.47. The number of anilines is 1. The van der Waals surface area contributed by atoms with Gasteiger partial charge >= 0.3 is 0 Å². The molecule has 1 atom stereocenters. The first-order valence-corrected chi connectivity index (χ1v) is 10.6. The van der Waals surface area contributed by atoms with Gasteiger partial charge in [-0.2, -0.15) is 0 Å². The Morgan fingerprint density at radius 2 is 1.93 bits per heavy atom. The van der Waals surface area contributed by atoms with Gasteiger partial charge in [0.15, 0.2) is 0 Å². The van der Waals surface area contributed by atoms with E-state index in [0.29, 0.717) is 17.7 Å². The van der Waals surface area contributed by atoms with E-state index in [1.54, 1.807) is 6.07 Å². The van der Waals surface area contributed by atoms with E-state index in [4.69, 9.17) is 0 Å². The maximum atomic E-state index is 13.0. The van der Waals surface area contributed by atoms with Crippen molar-refractivity contribution >= 4 is 17.5 Å². The molecule has 5 heteroatoms. The van der Waals surface area contributed by atoms with Gasteiger partial charge in [0.1, 0.15) is 6.17 Å². The van der Waals surface area contributed by atoms with Crippen molar-refractivity contribution in [3.63, 3.8) is 0 Å². The molecule has 0 spiro atoms. The fourth-order valence-electron chi connectivity index (χ4n) is 4.46. The Morgan fingerprint density at radius 3 is 2.69 bits per heavy atom. The molecule has 2 aromatic rings. The number of nitrogens with one attached hydrogen (secondary N) is 1. The quantitative estimate of drug-likeness (QED) is 0.856. The average Bonchev–Trinajstić information content (AvgIpc) is 2.74. The van der Waals surface area contributed by atoms with Gasteiger partial charge in [0.2, 0.25) is 0 Å². The molecule has 0 saturated carbocycles. The lowest BCUT2D eigenvalue weighted by Crippen LogP contribution is -2.57. The van der Waals surface area contributed by atoms with E-state index < -0.39 is 0 Å². The van der Waals surface area contributed by atoms with E-state index in [1.807, 2.05) is 23.1 Å². The largest absolute Gasteiger partial charge is 0.351 e. The first-order valence-electron chi connectivity index (χ1n) is 10.6. The van der Waals surface area contributed by atoms with E-state index >= 15 is 0 Å². The van der Waals surface area contributed by atoms with E-state index in [0.717, 1.165) is 43.6 Å². The molecule has 1 N–H and O–H groups in total.